The second kappa shape index (κ2) is 6.36. The highest BCUT2D eigenvalue weighted by atomic mass is 16.6. The van der Waals surface area contributed by atoms with Crippen LogP contribution in [0.2, 0.25) is 0 Å². The molecule has 0 radical (unpaired) electrons. The Bertz CT molecular complexity index is 869. The van der Waals surface area contributed by atoms with Crippen molar-refractivity contribution in [3.05, 3.63) is 72.3 Å². The molecule has 0 saturated heterocycles. The summed E-state index contributed by atoms with van der Waals surface area (Å²) < 4.78 is 0. The van der Waals surface area contributed by atoms with Crippen LogP contribution in [0.15, 0.2) is 36.4 Å². The maximum absolute atomic E-state index is 11.2. The van der Waals surface area contributed by atoms with Crippen LogP contribution >= 0.6 is 0 Å². The van der Waals surface area contributed by atoms with Crippen LogP contribution in [0.5, 0.6) is 0 Å². The highest BCUT2D eigenvalue weighted by molar-refractivity contribution is 5.81. The lowest BCUT2D eigenvalue weighted by Crippen LogP contribution is -2.03. The average molecular weight is 329 g/mol. The summed E-state index contributed by atoms with van der Waals surface area (Å²) in [5.41, 5.74) is -2.51. The van der Waals surface area contributed by atoms with Crippen LogP contribution in [0.3, 0.4) is 0 Å². The summed E-state index contributed by atoms with van der Waals surface area (Å²) in [4.78, 5) is 30.2. The molecule has 24 heavy (non-hydrogen) atoms. The minimum atomic E-state index is -0.962. The van der Waals surface area contributed by atoms with Gasteiger partial charge in [0.25, 0.3) is 5.69 Å². The molecule has 0 amide bonds. The molecule has 0 fully saturated rings. The van der Waals surface area contributed by atoms with E-state index in [1.54, 1.807) is 0 Å². The summed E-state index contributed by atoms with van der Waals surface area (Å²) in [6, 6.07) is 8.83. The van der Waals surface area contributed by atoms with E-state index in [4.69, 9.17) is 5.26 Å². The van der Waals surface area contributed by atoms with Crippen molar-refractivity contribution >= 4 is 28.4 Å². The molecule has 1 N–H and O–H groups in total. The van der Waals surface area contributed by atoms with Crippen LogP contribution in [-0.2, 0) is 0 Å². The number of hydrogen-bond donors (Lipinski definition) is 1. The van der Waals surface area contributed by atoms with Crippen LogP contribution in [0.4, 0.5) is 28.4 Å². The first-order valence-electron chi connectivity index (χ1n) is 6.22. The van der Waals surface area contributed by atoms with E-state index in [0.717, 1.165) is 0 Å². The maximum Gasteiger partial charge on any atom is 0.306 e. The number of non-ortho nitro benzene ring substituents is 1. The standard InChI is InChI=1S/C13H7N5O6/c14-7-8-2-1-3-9(4-8)15-13-11(17(21)22)5-10(16(19)20)6-12(13)18(23)24/h1-6,15H. The fourth-order valence-electron chi connectivity index (χ4n) is 1.93. The van der Waals surface area contributed by atoms with E-state index in [0.29, 0.717) is 12.1 Å². The SMILES string of the molecule is N#Cc1cccc(Nc2c([N+](=O)[O-])cc([N+](=O)[O-])cc2[N+](=O)[O-])c1. The molecule has 2 aromatic carbocycles. The molecule has 2 rings (SSSR count). The van der Waals surface area contributed by atoms with Crippen LogP contribution in [0.25, 0.3) is 0 Å². The monoisotopic (exact) mass is 329 g/mol. The molecule has 0 atom stereocenters. The van der Waals surface area contributed by atoms with Crippen molar-refractivity contribution in [2.75, 3.05) is 5.32 Å². The molecule has 0 aliphatic rings. The molecule has 0 bridgehead atoms. The lowest BCUT2D eigenvalue weighted by molar-refractivity contribution is -0.401. The minimum absolute atomic E-state index is 0.189. The first kappa shape index (κ1) is 16.3. The molecule has 11 nitrogen and oxygen atoms in total. The normalized spacial score (nSPS) is 9.79. The third kappa shape index (κ3) is 3.22. The number of benzene rings is 2. The Kier molecular flexibility index (Phi) is 4.32. The quantitative estimate of drug-likeness (QED) is 0.645. The zero-order valence-corrected chi connectivity index (χ0v) is 11.7. The van der Waals surface area contributed by atoms with E-state index < -0.39 is 37.5 Å². The van der Waals surface area contributed by atoms with Crippen molar-refractivity contribution < 1.29 is 14.8 Å². The predicted octanol–water partition coefficient (Wildman–Crippen LogP) is 3.03. The minimum Gasteiger partial charge on any atom is -0.344 e. The second-order valence-electron chi connectivity index (χ2n) is 4.45. The largest absolute Gasteiger partial charge is 0.344 e. The van der Waals surface area contributed by atoms with Crippen molar-refractivity contribution in [2.24, 2.45) is 0 Å². The Labute approximate surface area is 133 Å². The summed E-state index contributed by atoms with van der Waals surface area (Å²) in [6.07, 6.45) is 0. The van der Waals surface area contributed by atoms with Gasteiger partial charge in [0.05, 0.1) is 38.5 Å². The van der Waals surface area contributed by atoms with E-state index in [2.05, 4.69) is 5.32 Å². The van der Waals surface area contributed by atoms with Gasteiger partial charge in [0.2, 0.25) is 0 Å². The highest BCUT2D eigenvalue weighted by Crippen LogP contribution is 2.40. The van der Waals surface area contributed by atoms with Crippen molar-refractivity contribution in [3.8, 4) is 6.07 Å². The molecule has 0 spiro atoms. The highest BCUT2D eigenvalue weighted by Gasteiger charge is 2.30. The van der Waals surface area contributed by atoms with Gasteiger partial charge in [0.15, 0.2) is 5.69 Å². The molecule has 0 aromatic heterocycles. The predicted molar refractivity (Wildman–Crippen MR) is 80.8 cm³/mol. The molecule has 0 aliphatic heterocycles. The topological polar surface area (TPSA) is 165 Å². The zero-order chi connectivity index (χ0) is 17.9. The fraction of sp³-hybridized carbons (Fsp3) is 0. The van der Waals surface area contributed by atoms with E-state index in [1.165, 1.54) is 24.3 Å². The number of anilines is 2. The van der Waals surface area contributed by atoms with Crippen molar-refractivity contribution in [2.45, 2.75) is 0 Å². The number of nitriles is 1. The summed E-state index contributed by atoms with van der Waals surface area (Å²) in [6.45, 7) is 0. The molecule has 11 heteroatoms. The molecule has 120 valence electrons. The van der Waals surface area contributed by atoms with Gasteiger partial charge in [-0.1, -0.05) is 6.07 Å². The molecule has 2 aromatic rings. The fourth-order valence-corrected chi connectivity index (χ4v) is 1.93. The van der Waals surface area contributed by atoms with E-state index >= 15 is 0 Å². The molecule has 0 saturated carbocycles. The van der Waals surface area contributed by atoms with E-state index in [9.17, 15) is 30.3 Å². The lowest BCUT2D eigenvalue weighted by atomic mass is 10.1. The molecular formula is C13H7N5O6. The van der Waals surface area contributed by atoms with Crippen molar-refractivity contribution in [3.63, 3.8) is 0 Å². The Balaban J connectivity index is 2.66. The molecule has 0 heterocycles. The van der Waals surface area contributed by atoms with Crippen LogP contribution in [0.1, 0.15) is 5.56 Å². The Morgan fingerprint density at radius 3 is 1.96 bits per heavy atom. The number of nitro benzene ring substituents is 3. The summed E-state index contributed by atoms with van der Waals surface area (Å²) in [5, 5.41) is 44.4. The first-order chi connectivity index (χ1) is 11.3. The molecule has 0 aliphatic carbocycles. The van der Waals surface area contributed by atoms with Crippen LogP contribution in [0, 0.1) is 41.7 Å². The number of hydrogen-bond acceptors (Lipinski definition) is 8. The summed E-state index contributed by atoms with van der Waals surface area (Å²) in [5.74, 6) is 0. The number of nitrogens with zero attached hydrogens (tertiary/aromatic N) is 4. The molecular weight excluding hydrogens is 322 g/mol. The van der Waals surface area contributed by atoms with Crippen molar-refractivity contribution in [1.82, 2.24) is 0 Å². The van der Waals surface area contributed by atoms with Gasteiger partial charge in [-0.3, -0.25) is 30.3 Å². The first-order valence-corrected chi connectivity index (χ1v) is 6.22. The van der Waals surface area contributed by atoms with Crippen molar-refractivity contribution in [1.29, 1.82) is 5.26 Å². The Morgan fingerprint density at radius 2 is 1.50 bits per heavy atom. The van der Waals surface area contributed by atoms with Gasteiger partial charge < -0.3 is 5.32 Å². The van der Waals surface area contributed by atoms with E-state index in [-0.39, 0.29) is 11.3 Å². The third-order valence-corrected chi connectivity index (χ3v) is 2.95. The van der Waals surface area contributed by atoms with Gasteiger partial charge in [-0.2, -0.15) is 5.26 Å². The second-order valence-corrected chi connectivity index (χ2v) is 4.45. The zero-order valence-electron chi connectivity index (χ0n) is 11.7. The van der Waals surface area contributed by atoms with Gasteiger partial charge >= 0.3 is 11.4 Å². The summed E-state index contributed by atoms with van der Waals surface area (Å²) >= 11 is 0. The average Bonchev–Trinajstić information content (AvgIpc) is 2.54. The number of nitro groups is 3. The maximum atomic E-state index is 11.2. The van der Waals surface area contributed by atoms with Gasteiger partial charge in [-0.15, -0.1) is 0 Å². The van der Waals surface area contributed by atoms with Gasteiger partial charge in [-0.05, 0) is 18.2 Å². The summed E-state index contributed by atoms with van der Waals surface area (Å²) in [7, 11) is 0. The smallest absolute Gasteiger partial charge is 0.306 e. The van der Waals surface area contributed by atoms with Crippen LogP contribution < -0.4 is 5.32 Å². The molecule has 0 unspecified atom stereocenters. The van der Waals surface area contributed by atoms with Gasteiger partial charge in [0.1, 0.15) is 0 Å². The Hall–Kier alpha value is -4.07. The van der Waals surface area contributed by atoms with E-state index in [1.807, 2.05) is 6.07 Å². The van der Waals surface area contributed by atoms with Gasteiger partial charge in [-0.25, -0.2) is 0 Å². The Morgan fingerprint density at radius 1 is 0.917 bits per heavy atom. The van der Waals surface area contributed by atoms with Crippen LogP contribution in [-0.4, -0.2) is 14.8 Å². The number of rotatable bonds is 5. The number of nitrogens with one attached hydrogen (secondary N) is 1. The van der Waals surface area contributed by atoms with Gasteiger partial charge in [0, 0.05) is 5.69 Å². The third-order valence-electron chi connectivity index (χ3n) is 2.95. The lowest BCUT2D eigenvalue weighted by Gasteiger charge is -2.08.